The summed E-state index contributed by atoms with van der Waals surface area (Å²) in [6.45, 7) is 0.941. The van der Waals surface area contributed by atoms with Gasteiger partial charge in [0, 0.05) is 47.9 Å². The molecule has 0 saturated heterocycles. The number of aliphatic hydroxyl groups excluding tert-OH is 1. The van der Waals surface area contributed by atoms with Gasteiger partial charge in [-0.15, -0.1) is 0 Å². The number of benzene rings is 3. The third-order valence-corrected chi connectivity index (χ3v) is 6.50. The van der Waals surface area contributed by atoms with E-state index >= 15 is 0 Å². The summed E-state index contributed by atoms with van der Waals surface area (Å²) in [5.74, 6) is -0.686. The Morgan fingerprint density at radius 1 is 1.05 bits per heavy atom. The summed E-state index contributed by atoms with van der Waals surface area (Å²) >= 11 is 0. The van der Waals surface area contributed by atoms with Crippen LogP contribution < -0.4 is 14.8 Å². The zero-order valence-electron chi connectivity index (χ0n) is 21.6. The highest BCUT2D eigenvalue weighted by Gasteiger charge is 2.23. The van der Waals surface area contributed by atoms with Crippen molar-refractivity contribution in [2.75, 3.05) is 52.6 Å². The van der Waals surface area contributed by atoms with Gasteiger partial charge < -0.3 is 29.0 Å². The number of fused-ring (bicyclic) bond motifs is 2. The maximum absolute atomic E-state index is 12.7. The number of carbonyl (C=O) groups excluding carboxylic acids is 1. The SMILES string of the molecule is COC(=O)c1ccccc1-c1c2ccc(=[N+](C)CCOCO)cc-2oc2cc(N(C)CCC(=O)O)ccc12. The molecule has 1 aliphatic heterocycles. The average Bonchev–Trinajstić information content (AvgIpc) is 2.93. The van der Waals surface area contributed by atoms with Crippen molar-refractivity contribution < 1.29 is 33.7 Å². The number of carbonyl (C=O) groups is 2. The molecule has 2 aliphatic rings. The van der Waals surface area contributed by atoms with Gasteiger partial charge in [-0.2, -0.15) is 0 Å². The van der Waals surface area contributed by atoms with Crippen molar-refractivity contribution in [3.8, 4) is 22.5 Å². The summed E-state index contributed by atoms with van der Waals surface area (Å²) in [6, 6.07) is 18.9. The summed E-state index contributed by atoms with van der Waals surface area (Å²) in [5.41, 5.74) is 4.21. The van der Waals surface area contributed by atoms with Gasteiger partial charge in [0.2, 0.25) is 5.36 Å². The van der Waals surface area contributed by atoms with E-state index in [1.54, 1.807) is 12.1 Å². The summed E-state index contributed by atoms with van der Waals surface area (Å²) in [5, 5.41) is 19.7. The number of nitrogens with zero attached hydrogens (tertiary/aromatic N) is 2. The van der Waals surface area contributed by atoms with Gasteiger partial charge in [-0.1, -0.05) is 18.2 Å². The summed E-state index contributed by atoms with van der Waals surface area (Å²) in [7, 11) is 5.11. The minimum Gasteiger partial charge on any atom is -0.481 e. The lowest BCUT2D eigenvalue weighted by Crippen LogP contribution is -2.29. The molecule has 2 aromatic rings. The van der Waals surface area contributed by atoms with Crippen molar-refractivity contribution in [2.45, 2.75) is 6.42 Å². The highest BCUT2D eigenvalue weighted by molar-refractivity contribution is 6.08. The largest absolute Gasteiger partial charge is 0.481 e. The number of carboxylic acid groups (broad SMARTS) is 1. The fraction of sp³-hybridized carbons (Fsp3) is 0.276. The molecule has 0 atom stereocenters. The maximum Gasteiger partial charge on any atom is 0.338 e. The number of ether oxygens (including phenoxy) is 2. The normalized spacial score (nSPS) is 12.0. The highest BCUT2D eigenvalue weighted by Crippen LogP contribution is 2.42. The molecular weight excluding hydrogens is 488 g/mol. The fourth-order valence-corrected chi connectivity index (χ4v) is 4.41. The molecule has 1 aliphatic carbocycles. The predicted molar refractivity (Wildman–Crippen MR) is 144 cm³/mol. The Bertz CT molecular complexity index is 1510. The van der Waals surface area contributed by atoms with Crippen LogP contribution in [-0.4, -0.2) is 69.8 Å². The molecule has 0 unspecified atom stereocenters. The van der Waals surface area contributed by atoms with E-state index in [4.69, 9.17) is 24.1 Å². The second-order valence-electron chi connectivity index (χ2n) is 8.90. The topological polar surface area (TPSA) is 112 Å². The van der Waals surface area contributed by atoms with Crippen molar-refractivity contribution in [3.63, 3.8) is 0 Å². The van der Waals surface area contributed by atoms with Crippen LogP contribution in [0.1, 0.15) is 16.8 Å². The average molecular weight is 520 g/mol. The van der Waals surface area contributed by atoms with Gasteiger partial charge in [-0.25, -0.2) is 9.37 Å². The number of aliphatic hydroxyl groups is 1. The molecule has 0 amide bonds. The first-order valence-electron chi connectivity index (χ1n) is 12.2. The van der Waals surface area contributed by atoms with Crippen molar-refractivity contribution in [2.24, 2.45) is 0 Å². The summed E-state index contributed by atoms with van der Waals surface area (Å²) in [6.07, 6.45) is 0.0108. The number of hydrogen-bond acceptors (Lipinski definition) is 7. The lowest BCUT2D eigenvalue weighted by molar-refractivity contribution is -0.136. The van der Waals surface area contributed by atoms with E-state index in [2.05, 4.69) is 0 Å². The van der Waals surface area contributed by atoms with Crippen LogP contribution >= 0.6 is 0 Å². The molecule has 198 valence electrons. The lowest BCUT2D eigenvalue weighted by atomic mass is 9.90. The Hall–Kier alpha value is -4.21. The number of anilines is 1. The first-order valence-corrected chi connectivity index (χ1v) is 12.2. The van der Waals surface area contributed by atoms with E-state index in [-0.39, 0.29) is 13.2 Å². The van der Waals surface area contributed by atoms with Gasteiger partial charge in [-0.05, 0) is 29.8 Å². The van der Waals surface area contributed by atoms with Crippen LogP contribution in [0.3, 0.4) is 0 Å². The summed E-state index contributed by atoms with van der Waals surface area (Å²) < 4.78 is 18.5. The quantitative estimate of drug-likeness (QED) is 0.108. The molecule has 2 aromatic carbocycles. The van der Waals surface area contributed by atoms with Gasteiger partial charge in [0.05, 0.1) is 25.2 Å². The Kier molecular flexibility index (Phi) is 8.40. The second kappa shape index (κ2) is 11.9. The van der Waals surface area contributed by atoms with Crippen LogP contribution in [0, 0.1) is 0 Å². The van der Waals surface area contributed by atoms with E-state index in [1.165, 1.54) is 7.11 Å². The lowest BCUT2D eigenvalue weighted by Gasteiger charge is -2.21. The van der Waals surface area contributed by atoms with Crippen molar-refractivity contribution >= 4 is 28.6 Å². The molecule has 0 bridgehead atoms. The van der Waals surface area contributed by atoms with Gasteiger partial charge in [0.1, 0.15) is 31.8 Å². The van der Waals surface area contributed by atoms with Gasteiger partial charge >= 0.3 is 11.9 Å². The molecule has 4 rings (SSSR count). The fourth-order valence-electron chi connectivity index (χ4n) is 4.41. The van der Waals surface area contributed by atoms with E-state index in [0.717, 1.165) is 33.1 Å². The minimum atomic E-state index is -0.865. The van der Waals surface area contributed by atoms with Crippen molar-refractivity contribution in [1.82, 2.24) is 4.58 Å². The van der Waals surface area contributed by atoms with Crippen LogP contribution in [0.25, 0.3) is 33.4 Å². The first-order chi connectivity index (χ1) is 18.3. The van der Waals surface area contributed by atoms with Gasteiger partial charge in [-0.3, -0.25) is 4.79 Å². The van der Waals surface area contributed by atoms with E-state index < -0.39 is 11.9 Å². The molecule has 38 heavy (non-hydrogen) atoms. The highest BCUT2D eigenvalue weighted by atomic mass is 16.6. The maximum atomic E-state index is 12.7. The van der Waals surface area contributed by atoms with Crippen LogP contribution in [-0.2, 0) is 14.3 Å². The zero-order valence-corrected chi connectivity index (χ0v) is 21.6. The molecule has 0 spiro atoms. The molecule has 9 heteroatoms. The minimum absolute atomic E-state index is 0.0108. The monoisotopic (exact) mass is 519 g/mol. The van der Waals surface area contributed by atoms with Crippen LogP contribution in [0.2, 0.25) is 0 Å². The van der Waals surface area contributed by atoms with Crippen molar-refractivity contribution in [3.05, 3.63) is 71.6 Å². The third-order valence-electron chi connectivity index (χ3n) is 6.50. The number of carboxylic acids is 1. The number of likely N-dealkylation sites (N-methyl/N-ethyl adjacent to an activating group) is 1. The molecule has 0 aromatic heterocycles. The smallest absolute Gasteiger partial charge is 0.338 e. The zero-order chi connectivity index (χ0) is 27.2. The van der Waals surface area contributed by atoms with Gasteiger partial charge in [0.25, 0.3) is 0 Å². The Labute approximate surface area is 220 Å². The third kappa shape index (κ3) is 5.69. The Morgan fingerprint density at radius 2 is 1.84 bits per heavy atom. The molecule has 0 fully saturated rings. The van der Waals surface area contributed by atoms with Crippen molar-refractivity contribution in [1.29, 1.82) is 0 Å². The summed E-state index contributed by atoms with van der Waals surface area (Å²) in [4.78, 5) is 25.6. The number of hydrogen-bond donors (Lipinski definition) is 2. The van der Waals surface area contributed by atoms with E-state index in [0.29, 0.717) is 36.6 Å². The van der Waals surface area contributed by atoms with Crippen LogP contribution in [0.15, 0.2) is 65.1 Å². The standard InChI is InChI=1S/C29H30N2O7/c1-30(13-12-27(33)34)19-8-10-23-25(16-19)38-26-17-20(31(2)14-15-37-18-32)9-11-24(26)28(23)21-6-4-5-7-22(21)29(35)36-3/h4-11,16-17,32H,12-15,18H2,1-3H3/p+1. The molecule has 2 N–H and O–H groups in total. The first kappa shape index (κ1) is 26.8. The van der Waals surface area contributed by atoms with E-state index in [9.17, 15) is 9.59 Å². The number of rotatable bonds is 10. The molecule has 0 saturated carbocycles. The van der Waals surface area contributed by atoms with Crippen LogP contribution in [0.4, 0.5) is 5.69 Å². The Morgan fingerprint density at radius 3 is 2.58 bits per heavy atom. The Balaban J connectivity index is 1.97. The number of methoxy groups -OCH3 is 1. The molecular formula is C29H31N2O7+. The second-order valence-corrected chi connectivity index (χ2v) is 8.90. The van der Waals surface area contributed by atoms with Crippen LogP contribution in [0.5, 0.6) is 0 Å². The predicted octanol–water partition coefficient (Wildman–Crippen LogP) is 3.27. The number of esters is 1. The van der Waals surface area contributed by atoms with Gasteiger partial charge in [0.15, 0.2) is 6.54 Å². The molecule has 1 heterocycles. The molecule has 9 nitrogen and oxygen atoms in total. The number of aliphatic carboxylic acids is 1. The van der Waals surface area contributed by atoms with E-state index in [1.807, 2.05) is 72.1 Å². The molecule has 0 radical (unpaired) electrons.